The van der Waals surface area contributed by atoms with E-state index in [2.05, 4.69) is 14.9 Å². The average molecular weight is 250 g/mol. The van der Waals surface area contributed by atoms with Gasteiger partial charge in [0.25, 0.3) is 0 Å². The highest BCUT2D eigenvalue weighted by molar-refractivity contribution is 5.77. The minimum absolute atomic E-state index is 0.0370. The van der Waals surface area contributed by atoms with Crippen molar-refractivity contribution in [3.63, 3.8) is 0 Å². The van der Waals surface area contributed by atoms with Gasteiger partial charge >= 0.3 is 0 Å². The largest absolute Gasteiger partial charge is 0.341 e. The van der Waals surface area contributed by atoms with Gasteiger partial charge in [-0.25, -0.2) is 15.0 Å². The fourth-order valence-corrected chi connectivity index (χ4v) is 2.13. The molecule has 1 amide bonds. The highest BCUT2D eigenvalue weighted by atomic mass is 16.7. The van der Waals surface area contributed by atoms with Crippen LogP contribution in [0, 0.1) is 5.92 Å². The summed E-state index contributed by atoms with van der Waals surface area (Å²) in [5, 5.41) is 1.30. The van der Waals surface area contributed by atoms with Gasteiger partial charge in [0, 0.05) is 38.4 Å². The van der Waals surface area contributed by atoms with Crippen LogP contribution in [0.5, 0.6) is 0 Å². The van der Waals surface area contributed by atoms with Crippen molar-refractivity contribution in [3.05, 3.63) is 18.5 Å². The second-order valence-electron chi connectivity index (χ2n) is 4.33. The van der Waals surface area contributed by atoms with Gasteiger partial charge in [0.1, 0.15) is 0 Å². The highest BCUT2D eigenvalue weighted by Crippen LogP contribution is 2.21. The maximum absolute atomic E-state index is 11.9. The molecule has 0 aliphatic carbocycles. The first-order valence-electron chi connectivity index (χ1n) is 6.06. The number of hydrogen-bond acceptors (Lipinski definition) is 5. The number of carbonyl (C=O) groups excluding carboxylic acids is 1. The molecule has 6 heteroatoms. The molecule has 6 nitrogen and oxygen atoms in total. The summed E-state index contributed by atoms with van der Waals surface area (Å²) in [6.45, 7) is 1.61. The molecule has 1 saturated heterocycles. The summed E-state index contributed by atoms with van der Waals surface area (Å²) in [7, 11) is 3.15. The summed E-state index contributed by atoms with van der Waals surface area (Å²) in [5.41, 5.74) is 0. The molecule has 0 bridgehead atoms. The molecule has 1 aliphatic heterocycles. The van der Waals surface area contributed by atoms with Gasteiger partial charge in [0.15, 0.2) is 0 Å². The normalized spacial score (nSPS) is 16.7. The van der Waals surface area contributed by atoms with Gasteiger partial charge in [0.2, 0.25) is 11.9 Å². The van der Waals surface area contributed by atoms with E-state index in [-0.39, 0.29) is 11.8 Å². The van der Waals surface area contributed by atoms with Gasteiger partial charge in [-0.2, -0.15) is 0 Å². The number of rotatable bonds is 3. The predicted molar refractivity (Wildman–Crippen MR) is 66.7 cm³/mol. The topological polar surface area (TPSA) is 58.6 Å². The molecule has 1 aromatic rings. The molecule has 1 aliphatic rings. The van der Waals surface area contributed by atoms with Gasteiger partial charge < -0.3 is 4.90 Å². The minimum atomic E-state index is 0.0370. The van der Waals surface area contributed by atoms with Crippen molar-refractivity contribution in [2.75, 3.05) is 32.1 Å². The van der Waals surface area contributed by atoms with Gasteiger partial charge in [0.05, 0.1) is 7.11 Å². The van der Waals surface area contributed by atoms with Crippen LogP contribution in [0.2, 0.25) is 0 Å². The fraction of sp³-hybridized carbons (Fsp3) is 0.583. The molecule has 0 radical (unpaired) electrons. The molecule has 0 atom stereocenters. The lowest BCUT2D eigenvalue weighted by Crippen LogP contribution is -2.41. The number of anilines is 1. The van der Waals surface area contributed by atoms with Gasteiger partial charge in [-0.3, -0.25) is 9.63 Å². The molecule has 18 heavy (non-hydrogen) atoms. The van der Waals surface area contributed by atoms with Gasteiger partial charge in [-0.1, -0.05) is 0 Å². The summed E-state index contributed by atoms with van der Waals surface area (Å²) >= 11 is 0. The second kappa shape index (κ2) is 5.77. The Kier molecular flexibility index (Phi) is 4.09. The minimum Gasteiger partial charge on any atom is -0.341 e. The Balaban J connectivity index is 1.90. The van der Waals surface area contributed by atoms with Crippen LogP contribution in [-0.2, 0) is 9.63 Å². The maximum atomic E-state index is 11.9. The first kappa shape index (κ1) is 12.8. The van der Waals surface area contributed by atoms with Crippen LogP contribution in [0.4, 0.5) is 5.95 Å². The lowest BCUT2D eigenvalue weighted by atomic mass is 9.96. The quantitative estimate of drug-likeness (QED) is 0.740. The zero-order valence-corrected chi connectivity index (χ0v) is 10.7. The van der Waals surface area contributed by atoms with Crippen molar-refractivity contribution in [2.24, 2.45) is 5.92 Å². The molecule has 0 N–H and O–H groups in total. The molecular formula is C12H18N4O2. The number of carbonyl (C=O) groups is 1. The Morgan fingerprint density at radius 2 is 2.00 bits per heavy atom. The average Bonchev–Trinajstić information content (AvgIpc) is 2.47. The number of piperidine rings is 1. The van der Waals surface area contributed by atoms with Crippen LogP contribution in [-0.4, -0.2) is 48.2 Å². The molecule has 0 unspecified atom stereocenters. The monoisotopic (exact) mass is 250 g/mol. The zero-order valence-electron chi connectivity index (χ0n) is 10.7. The van der Waals surface area contributed by atoms with Crippen molar-refractivity contribution in [1.29, 1.82) is 0 Å². The van der Waals surface area contributed by atoms with E-state index in [1.54, 1.807) is 25.5 Å². The molecule has 1 fully saturated rings. The molecule has 0 aromatic carbocycles. The third kappa shape index (κ3) is 2.76. The molecular weight excluding hydrogens is 232 g/mol. The molecule has 2 heterocycles. The smallest absolute Gasteiger partial charge is 0.249 e. The zero-order chi connectivity index (χ0) is 13.0. The van der Waals surface area contributed by atoms with E-state index in [9.17, 15) is 4.79 Å². The third-order valence-electron chi connectivity index (χ3n) is 3.26. The second-order valence-corrected chi connectivity index (χ2v) is 4.33. The van der Waals surface area contributed by atoms with Crippen molar-refractivity contribution in [2.45, 2.75) is 12.8 Å². The molecule has 1 aromatic heterocycles. The first-order chi connectivity index (χ1) is 8.72. The van der Waals surface area contributed by atoms with E-state index < -0.39 is 0 Å². The summed E-state index contributed by atoms with van der Waals surface area (Å²) in [5.74, 6) is 0.824. The Morgan fingerprint density at radius 3 is 2.56 bits per heavy atom. The van der Waals surface area contributed by atoms with E-state index in [1.807, 2.05) is 0 Å². The Hall–Kier alpha value is -1.69. The summed E-state index contributed by atoms with van der Waals surface area (Å²) in [6.07, 6.45) is 5.09. The number of amides is 1. The number of hydroxylamine groups is 2. The Bertz CT molecular complexity index is 390. The summed E-state index contributed by atoms with van der Waals surface area (Å²) in [4.78, 5) is 27.4. The number of aromatic nitrogens is 2. The van der Waals surface area contributed by atoms with Crippen LogP contribution in [0.25, 0.3) is 0 Å². The third-order valence-corrected chi connectivity index (χ3v) is 3.26. The highest BCUT2D eigenvalue weighted by Gasteiger charge is 2.28. The van der Waals surface area contributed by atoms with Gasteiger partial charge in [-0.15, -0.1) is 0 Å². The lowest BCUT2D eigenvalue weighted by Gasteiger charge is -2.32. The van der Waals surface area contributed by atoms with Crippen molar-refractivity contribution in [1.82, 2.24) is 15.0 Å². The van der Waals surface area contributed by atoms with Crippen molar-refractivity contribution >= 4 is 11.9 Å². The van der Waals surface area contributed by atoms with Crippen LogP contribution in [0.1, 0.15) is 12.8 Å². The molecule has 2 rings (SSSR count). The Morgan fingerprint density at radius 1 is 1.39 bits per heavy atom. The van der Waals surface area contributed by atoms with E-state index in [0.29, 0.717) is 0 Å². The number of hydrogen-bond donors (Lipinski definition) is 0. The van der Waals surface area contributed by atoms with E-state index in [0.717, 1.165) is 31.9 Å². The Labute approximate surface area is 107 Å². The number of nitrogens with zero attached hydrogens (tertiary/aromatic N) is 4. The predicted octanol–water partition coefficient (Wildman–Crippen LogP) is 0.713. The van der Waals surface area contributed by atoms with E-state index >= 15 is 0 Å². The van der Waals surface area contributed by atoms with E-state index in [4.69, 9.17) is 4.84 Å². The maximum Gasteiger partial charge on any atom is 0.249 e. The molecule has 0 spiro atoms. The van der Waals surface area contributed by atoms with Crippen LogP contribution in [0.3, 0.4) is 0 Å². The van der Waals surface area contributed by atoms with Crippen LogP contribution < -0.4 is 4.90 Å². The van der Waals surface area contributed by atoms with Gasteiger partial charge in [-0.05, 0) is 18.9 Å². The van der Waals surface area contributed by atoms with E-state index in [1.165, 1.54) is 12.2 Å². The molecule has 98 valence electrons. The SMILES string of the molecule is CON(C)C(=O)C1CCN(c2ncccn2)CC1. The summed E-state index contributed by atoms with van der Waals surface area (Å²) < 4.78 is 0. The van der Waals surface area contributed by atoms with Crippen molar-refractivity contribution < 1.29 is 9.63 Å². The summed E-state index contributed by atoms with van der Waals surface area (Å²) in [6, 6.07) is 1.80. The van der Waals surface area contributed by atoms with Crippen molar-refractivity contribution in [3.8, 4) is 0 Å². The fourth-order valence-electron chi connectivity index (χ4n) is 2.13. The lowest BCUT2D eigenvalue weighted by molar-refractivity contribution is -0.174. The van der Waals surface area contributed by atoms with Crippen LogP contribution >= 0.6 is 0 Å². The first-order valence-corrected chi connectivity index (χ1v) is 6.06. The molecule has 0 saturated carbocycles. The standard InChI is InChI=1S/C12H18N4O2/c1-15(18-2)11(17)10-4-8-16(9-5-10)12-13-6-3-7-14-12/h3,6-7,10H,4-5,8-9H2,1-2H3. The van der Waals surface area contributed by atoms with Crippen LogP contribution in [0.15, 0.2) is 18.5 Å².